The third-order valence-corrected chi connectivity index (χ3v) is 3.97. The van der Waals surface area contributed by atoms with Crippen LogP contribution in [-0.4, -0.2) is 23.9 Å². The Labute approximate surface area is 112 Å². The number of nitrogen functional groups attached to an aromatic ring is 1. The second-order valence-corrected chi connectivity index (χ2v) is 5.64. The second-order valence-electron chi connectivity index (χ2n) is 5.24. The summed E-state index contributed by atoms with van der Waals surface area (Å²) in [4.78, 5) is 13.6. The number of primary amides is 1. The largest absolute Gasteiger partial charge is 0.399 e. The Balaban J connectivity index is 2.06. The molecule has 18 heavy (non-hydrogen) atoms. The molecule has 1 saturated heterocycles. The number of likely N-dealkylation sites (tertiary alicyclic amines) is 1. The van der Waals surface area contributed by atoms with E-state index in [1.54, 1.807) is 6.07 Å². The van der Waals surface area contributed by atoms with Gasteiger partial charge in [0.05, 0.1) is 5.41 Å². The molecule has 0 radical (unpaired) electrons. The maximum atomic E-state index is 11.4. The SMILES string of the molecule is CC1(C(N)=O)CCN(Cc2ccc(N)cc2Cl)C1. The predicted octanol–water partition coefficient (Wildman–Crippen LogP) is 1.62. The third kappa shape index (κ3) is 2.60. The van der Waals surface area contributed by atoms with Crippen LogP contribution in [0.1, 0.15) is 18.9 Å². The molecule has 98 valence electrons. The number of halogens is 1. The van der Waals surface area contributed by atoms with Gasteiger partial charge in [-0.05, 0) is 37.6 Å². The molecule has 1 atom stereocenters. The fraction of sp³-hybridized carbons (Fsp3) is 0.462. The highest BCUT2D eigenvalue weighted by Gasteiger charge is 2.38. The van der Waals surface area contributed by atoms with Gasteiger partial charge < -0.3 is 11.5 Å². The van der Waals surface area contributed by atoms with Crippen LogP contribution in [0.25, 0.3) is 0 Å². The van der Waals surface area contributed by atoms with Crippen LogP contribution in [0.15, 0.2) is 18.2 Å². The number of anilines is 1. The summed E-state index contributed by atoms with van der Waals surface area (Å²) in [6.45, 7) is 4.19. The third-order valence-electron chi connectivity index (χ3n) is 3.62. The first-order valence-corrected chi connectivity index (χ1v) is 6.35. The predicted molar refractivity (Wildman–Crippen MR) is 73.1 cm³/mol. The van der Waals surface area contributed by atoms with Crippen molar-refractivity contribution in [2.75, 3.05) is 18.8 Å². The first-order valence-electron chi connectivity index (χ1n) is 5.97. The summed E-state index contributed by atoms with van der Waals surface area (Å²) in [6, 6.07) is 5.52. The van der Waals surface area contributed by atoms with E-state index in [1.807, 2.05) is 19.1 Å². The number of hydrogen-bond acceptors (Lipinski definition) is 3. The molecule has 1 aliphatic heterocycles. The summed E-state index contributed by atoms with van der Waals surface area (Å²) in [5, 5.41) is 0.669. The number of hydrogen-bond donors (Lipinski definition) is 2. The molecule has 2 rings (SSSR count). The average molecular weight is 268 g/mol. The number of amides is 1. The Kier molecular flexibility index (Phi) is 3.50. The normalized spacial score (nSPS) is 24.3. The summed E-state index contributed by atoms with van der Waals surface area (Å²) in [7, 11) is 0. The van der Waals surface area contributed by atoms with Crippen LogP contribution in [-0.2, 0) is 11.3 Å². The highest BCUT2D eigenvalue weighted by atomic mass is 35.5. The van der Waals surface area contributed by atoms with Crippen molar-refractivity contribution in [2.24, 2.45) is 11.1 Å². The minimum absolute atomic E-state index is 0.228. The second kappa shape index (κ2) is 4.78. The molecule has 1 amide bonds. The number of nitrogens with two attached hydrogens (primary N) is 2. The van der Waals surface area contributed by atoms with E-state index in [1.165, 1.54) is 0 Å². The lowest BCUT2D eigenvalue weighted by Gasteiger charge is -2.21. The first-order chi connectivity index (χ1) is 8.40. The van der Waals surface area contributed by atoms with E-state index in [0.717, 1.165) is 25.1 Å². The Morgan fingerprint density at radius 3 is 2.83 bits per heavy atom. The highest BCUT2D eigenvalue weighted by Crippen LogP contribution is 2.31. The van der Waals surface area contributed by atoms with Gasteiger partial charge in [-0.3, -0.25) is 9.69 Å². The molecule has 1 heterocycles. The van der Waals surface area contributed by atoms with Gasteiger partial charge in [0.2, 0.25) is 5.91 Å². The molecule has 1 fully saturated rings. The molecule has 1 aromatic carbocycles. The maximum absolute atomic E-state index is 11.4. The van der Waals surface area contributed by atoms with Gasteiger partial charge in [-0.1, -0.05) is 17.7 Å². The molecular weight excluding hydrogens is 250 g/mol. The fourth-order valence-corrected chi connectivity index (χ4v) is 2.57. The van der Waals surface area contributed by atoms with Crippen LogP contribution in [0.5, 0.6) is 0 Å². The Bertz CT molecular complexity index is 477. The molecule has 1 unspecified atom stereocenters. The van der Waals surface area contributed by atoms with Crippen molar-refractivity contribution >= 4 is 23.2 Å². The highest BCUT2D eigenvalue weighted by molar-refractivity contribution is 6.31. The van der Waals surface area contributed by atoms with Crippen LogP contribution in [0.4, 0.5) is 5.69 Å². The van der Waals surface area contributed by atoms with Gasteiger partial charge in [-0.25, -0.2) is 0 Å². The number of carbonyl (C=O) groups excluding carboxylic acids is 1. The van der Waals surface area contributed by atoms with Crippen LogP contribution in [0, 0.1) is 5.41 Å². The van der Waals surface area contributed by atoms with Crippen molar-refractivity contribution < 1.29 is 4.79 Å². The van der Waals surface area contributed by atoms with E-state index >= 15 is 0 Å². The fourth-order valence-electron chi connectivity index (χ4n) is 2.33. The minimum atomic E-state index is -0.416. The number of carbonyl (C=O) groups is 1. The van der Waals surface area contributed by atoms with Gasteiger partial charge in [-0.2, -0.15) is 0 Å². The van der Waals surface area contributed by atoms with E-state index in [-0.39, 0.29) is 5.91 Å². The summed E-state index contributed by atoms with van der Waals surface area (Å²) in [5.41, 5.74) is 12.4. The Morgan fingerprint density at radius 2 is 2.28 bits per heavy atom. The van der Waals surface area contributed by atoms with E-state index in [4.69, 9.17) is 23.1 Å². The Hall–Kier alpha value is -1.26. The van der Waals surface area contributed by atoms with Crippen molar-refractivity contribution in [3.8, 4) is 0 Å². The van der Waals surface area contributed by atoms with Crippen molar-refractivity contribution in [1.29, 1.82) is 0 Å². The molecule has 0 bridgehead atoms. The molecular formula is C13H18ClN3O. The van der Waals surface area contributed by atoms with Crippen LogP contribution >= 0.6 is 11.6 Å². The van der Waals surface area contributed by atoms with Crippen molar-refractivity contribution in [3.63, 3.8) is 0 Å². The minimum Gasteiger partial charge on any atom is -0.399 e. The summed E-state index contributed by atoms with van der Waals surface area (Å²) in [5.74, 6) is -0.228. The quantitative estimate of drug-likeness (QED) is 0.818. The molecule has 1 aliphatic rings. The zero-order valence-electron chi connectivity index (χ0n) is 10.4. The first kappa shape index (κ1) is 13.2. The molecule has 0 saturated carbocycles. The molecule has 1 aromatic rings. The van der Waals surface area contributed by atoms with Crippen LogP contribution in [0.2, 0.25) is 5.02 Å². The van der Waals surface area contributed by atoms with Crippen molar-refractivity contribution in [2.45, 2.75) is 19.9 Å². The standard InChI is InChI=1S/C13H18ClN3O/c1-13(12(16)18)4-5-17(8-13)7-9-2-3-10(15)6-11(9)14/h2-3,6H,4-5,7-8,15H2,1H3,(H2,16,18). The van der Waals surface area contributed by atoms with Gasteiger partial charge in [0.25, 0.3) is 0 Å². The molecule has 4 N–H and O–H groups in total. The van der Waals surface area contributed by atoms with Gasteiger partial charge in [0.1, 0.15) is 0 Å². The van der Waals surface area contributed by atoms with Gasteiger partial charge in [0.15, 0.2) is 0 Å². The Morgan fingerprint density at radius 1 is 1.56 bits per heavy atom. The van der Waals surface area contributed by atoms with E-state index in [9.17, 15) is 4.79 Å². The summed E-state index contributed by atoms with van der Waals surface area (Å²) in [6.07, 6.45) is 0.801. The zero-order chi connectivity index (χ0) is 13.3. The summed E-state index contributed by atoms with van der Waals surface area (Å²) < 4.78 is 0. The zero-order valence-corrected chi connectivity index (χ0v) is 11.2. The molecule has 0 aromatic heterocycles. The molecule has 0 aliphatic carbocycles. The molecule has 5 heteroatoms. The van der Waals surface area contributed by atoms with Crippen molar-refractivity contribution in [1.82, 2.24) is 4.90 Å². The van der Waals surface area contributed by atoms with Gasteiger partial charge in [0, 0.05) is 23.8 Å². The lowest BCUT2D eigenvalue weighted by atomic mass is 9.89. The van der Waals surface area contributed by atoms with Crippen LogP contribution in [0.3, 0.4) is 0 Å². The number of benzene rings is 1. The number of rotatable bonds is 3. The number of nitrogens with zero attached hydrogens (tertiary/aromatic N) is 1. The lowest BCUT2D eigenvalue weighted by Crippen LogP contribution is -2.36. The van der Waals surface area contributed by atoms with E-state index in [2.05, 4.69) is 4.90 Å². The van der Waals surface area contributed by atoms with E-state index < -0.39 is 5.41 Å². The van der Waals surface area contributed by atoms with Crippen molar-refractivity contribution in [3.05, 3.63) is 28.8 Å². The van der Waals surface area contributed by atoms with E-state index in [0.29, 0.717) is 17.3 Å². The lowest BCUT2D eigenvalue weighted by molar-refractivity contribution is -0.126. The van der Waals surface area contributed by atoms with Gasteiger partial charge in [-0.15, -0.1) is 0 Å². The summed E-state index contributed by atoms with van der Waals surface area (Å²) >= 11 is 6.14. The topological polar surface area (TPSA) is 72.4 Å². The monoisotopic (exact) mass is 267 g/mol. The average Bonchev–Trinajstić information content (AvgIpc) is 2.66. The molecule has 4 nitrogen and oxygen atoms in total. The van der Waals surface area contributed by atoms with Crippen LogP contribution < -0.4 is 11.5 Å². The van der Waals surface area contributed by atoms with Gasteiger partial charge >= 0.3 is 0 Å². The maximum Gasteiger partial charge on any atom is 0.224 e. The molecule has 0 spiro atoms. The smallest absolute Gasteiger partial charge is 0.224 e.